The van der Waals surface area contributed by atoms with Gasteiger partial charge in [-0.2, -0.15) is 0 Å². The fraction of sp³-hybridized carbons (Fsp3) is 0.588. The summed E-state index contributed by atoms with van der Waals surface area (Å²) in [6.45, 7) is 5.85. The van der Waals surface area contributed by atoms with E-state index in [1.165, 1.54) is 11.1 Å². The average molecular weight is 275 g/mol. The van der Waals surface area contributed by atoms with Gasteiger partial charge in [0.15, 0.2) is 0 Å². The normalized spacial score (nSPS) is 23.1. The van der Waals surface area contributed by atoms with Crippen LogP contribution in [0.25, 0.3) is 0 Å². The quantitative estimate of drug-likeness (QED) is 0.864. The van der Waals surface area contributed by atoms with Crippen molar-refractivity contribution >= 4 is 5.97 Å². The van der Waals surface area contributed by atoms with Crippen LogP contribution in [0.4, 0.5) is 0 Å². The maximum absolute atomic E-state index is 11.8. The van der Waals surface area contributed by atoms with Crippen LogP contribution < -0.4 is 0 Å². The molecule has 1 aliphatic heterocycles. The first-order chi connectivity index (χ1) is 9.62. The molecule has 0 amide bonds. The standard InChI is InChI=1S/C17H25NO2/c1-3-10-17(16(19)20)11-5-12-18(17)13-15-8-6-14(4-2)7-9-15/h6-9H,3-5,10-13H2,1-2H3,(H,19,20). The minimum Gasteiger partial charge on any atom is -0.480 e. The van der Waals surface area contributed by atoms with Crippen molar-refractivity contribution in [1.82, 2.24) is 4.90 Å². The highest BCUT2D eigenvalue weighted by Crippen LogP contribution is 2.35. The van der Waals surface area contributed by atoms with Crippen LogP contribution in [0.3, 0.4) is 0 Å². The first-order valence-electron chi connectivity index (χ1n) is 7.68. The first kappa shape index (κ1) is 15.0. The minimum atomic E-state index is -0.651. The maximum Gasteiger partial charge on any atom is 0.324 e. The van der Waals surface area contributed by atoms with Crippen molar-refractivity contribution in [3.8, 4) is 0 Å². The highest BCUT2D eigenvalue weighted by molar-refractivity contribution is 5.79. The number of carboxylic acid groups (broad SMARTS) is 1. The van der Waals surface area contributed by atoms with Crippen LogP contribution >= 0.6 is 0 Å². The molecular formula is C17H25NO2. The van der Waals surface area contributed by atoms with Crippen LogP contribution in [0.15, 0.2) is 24.3 Å². The molecule has 1 N–H and O–H groups in total. The number of likely N-dealkylation sites (tertiary alicyclic amines) is 1. The summed E-state index contributed by atoms with van der Waals surface area (Å²) in [4.78, 5) is 13.9. The number of carbonyl (C=O) groups is 1. The largest absolute Gasteiger partial charge is 0.480 e. The van der Waals surface area contributed by atoms with Gasteiger partial charge in [-0.05, 0) is 43.4 Å². The lowest BCUT2D eigenvalue weighted by Crippen LogP contribution is -2.49. The number of aliphatic carboxylic acids is 1. The Morgan fingerprint density at radius 2 is 1.90 bits per heavy atom. The van der Waals surface area contributed by atoms with Crippen LogP contribution in [-0.2, 0) is 17.8 Å². The zero-order valence-electron chi connectivity index (χ0n) is 12.6. The number of rotatable bonds is 6. The van der Waals surface area contributed by atoms with Crippen molar-refractivity contribution in [3.05, 3.63) is 35.4 Å². The van der Waals surface area contributed by atoms with E-state index in [4.69, 9.17) is 0 Å². The van der Waals surface area contributed by atoms with Gasteiger partial charge in [0.25, 0.3) is 0 Å². The summed E-state index contributed by atoms with van der Waals surface area (Å²) >= 11 is 0. The molecule has 1 atom stereocenters. The molecule has 3 heteroatoms. The summed E-state index contributed by atoms with van der Waals surface area (Å²) < 4.78 is 0. The Bertz CT molecular complexity index is 455. The number of nitrogens with zero attached hydrogens (tertiary/aromatic N) is 1. The van der Waals surface area contributed by atoms with Crippen molar-refractivity contribution in [2.24, 2.45) is 0 Å². The molecule has 1 heterocycles. The lowest BCUT2D eigenvalue weighted by atomic mass is 9.90. The lowest BCUT2D eigenvalue weighted by Gasteiger charge is -2.34. The Balaban J connectivity index is 2.15. The van der Waals surface area contributed by atoms with Crippen molar-refractivity contribution in [1.29, 1.82) is 0 Å². The van der Waals surface area contributed by atoms with Crippen molar-refractivity contribution < 1.29 is 9.90 Å². The molecule has 0 radical (unpaired) electrons. The van der Waals surface area contributed by atoms with Crippen LogP contribution in [0.5, 0.6) is 0 Å². The van der Waals surface area contributed by atoms with E-state index in [9.17, 15) is 9.90 Å². The fourth-order valence-corrected chi connectivity index (χ4v) is 3.31. The predicted octanol–water partition coefficient (Wildman–Crippen LogP) is 3.47. The van der Waals surface area contributed by atoms with Gasteiger partial charge in [-0.25, -0.2) is 0 Å². The van der Waals surface area contributed by atoms with Gasteiger partial charge < -0.3 is 5.11 Å². The summed E-state index contributed by atoms with van der Waals surface area (Å²) in [5.41, 5.74) is 1.90. The predicted molar refractivity (Wildman–Crippen MR) is 80.7 cm³/mol. The van der Waals surface area contributed by atoms with Gasteiger partial charge >= 0.3 is 5.97 Å². The molecular weight excluding hydrogens is 250 g/mol. The van der Waals surface area contributed by atoms with E-state index in [2.05, 4.69) is 43.0 Å². The number of hydrogen-bond acceptors (Lipinski definition) is 2. The maximum atomic E-state index is 11.8. The van der Waals surface area contributed by atoms with Crippen LogP contribution in [0.2, 0.25) is 0 Å². The van der Waals surface area contributed by atoms with E-state index < -0.39 is 11.5 Å². The van der Waals surface area contributed by atoms with E-state index >= 15 is 0 Å². The van der Waals surface area contributed by atoms with Gasteiger partial charge in [0.05, 0.1) is 0 Å². The number of hydrogen-bond donors (Lipinski definition) is 1. The molecule has 0 bridgehead atoms. The first-order valence-corrected chi connectivity index (χ1v) is 7.68. The van der Waals surface area contributed by atoms with E-state index in [-0.39, 0.29) is 0 Å². The molecule has 1 unspecified atom stereocenters. The molecule has 1 aromatic carbocycles. The van der Waals surface area contributed by atoms with Gasteiger partial charge in [0, 0.05) is 6.54 Å². The van der Waals surface area contributed by atoms with Crippen LogP contribution in [0, 0.1) is 0 Å². The summed E-state index contributed by atoms with van der Waals surface area (Å²) in [7, 11) is 0. The summed E-state index contributed by atoms with van der Waals surface area (Å²) in [6.07, 6.45) is 4.47. The number of benzene rings is 1. The third-order valence-corrected chi connectivity index (χ3v) is 4.49. The van der Waals surface area contributed by atoms with Gasteiger partial charge in [0.2, 0.25) is 0 Å². The van der Waals surface area contributed by atoms with Crippen LogP contribution in [-0.4, -0.2) is 28.1 Å². The zero-order valence-corrected chi connectivity index (χ0v) is 12.6. The van der Waals surface area contributed by atoms with E-state index in [0.29, 0.717) is 0 Å². The molecule has 3 nitrogen and oxygen atoms in total. The lowest BCUT2D eigenvalue weighted by molar-refractivity contribution is -0.150. The van der Waals surface area contributed by atoms with Gasteiger partial charge in [-0.15, -0.1) is 0 Å². The molecule has 0 aliphatic carbocycles. The van der Waals surface area contributed by atoms with Gasteiger partial charge in [-0.3, -0.25) is 9.69 Å². The monoisotopic (exact) mass is 275 g/mol. The Labute approximate surface area is 121 Å². The molecule has 2 rings (SSSR count). The van der Waals surface area contributed by atoms with Crippen molar-refractivity contribution in [3.63, 3.8) is 0 Å². The second kappa shape index (κ2) is 6.40. The minimum absolute atomic E-state index is 0.641. The SMILES string of the molecule is CCCC1(C(=O)O)CCCN1Cc1ccc(CC)cc1. The summed E-state index contributed by atoms with van der Waals surface area (Å²) in [5.74, 6) is -0.651. The Hall–Kier alpha value is -1.35. The number of aryl methyl sites for hydroxylation is 1. The van der Waals surface area contributed by atoms with E-state index in [0.717, 1.165) is 45.2 Å². The second-order valence-electron chi connectivity index (χ2n) is 5.78. The Morgan fingerprint density at radius 1 is 1.25 bits per heavy atom. The summed E-state index contributed by atoms with van der Waals surface area (Å²) in [5, 5.41) is 9.68. The topological polar surface area (TPSA) is 40.5 Å². The number of carboxylic acids is 1. The molecule has 0 aromatic heterocycles. The second-order valence-corrected chi connectivity index (χ2v) is 5.78. The zero-order chi connectivity index (χ0) is 14.6. The third kappa shape index (κ3) is 2.88. The molecule has 1 aromatic rings. The Kier molecular flexibility index (Phi) is 4.81. The molecule has 20 heavy (non-hydrogen) atoms. The fourth-order valence-electron chi connectivity index (χ4n) is 3.31. The third-order valence-electron chi connectivity index (χ3n) is 4.49. The van der Waals surface area contributed by atoms with Crippen molar-refractivity contribution in [2.75, 3.05) is 6.54 Å². The van der Waals surface area contributed by atoms with Crippen molar-refractivity contribution in [2.45, 2.75) is 58.0 Å². The summed E-state index contributed by atoms with van der Waals surface area (Å²) in [6, 6.07) is 8.56. The van der Waals surface area contributed by atoms with Gasteiger partial charge in [-0.1, -0.05) is 44.5 Å². The smallest absolute Gasteiger partial charge is 0.324 e. The highest BCUT2D eigenvalue weighted by atomic mass is 16.4. The van der Waals surface area contributed by atoms with Crippen LogP contribution in [0.1, 0.15) is 50.7 Å². The molecule has 0 spiro atoms. The average Bonchev–Trinajstić information content (AvgIpc) is 2.84. The molecule has 0 saturated carbocycles. The molecule has 110 valence electrons. The molecule has 1 saturated heterocycles. The molecule has 1 aliphatic rings. The van der Waals surface area contributed by atoms with Gasteiger partial charge in [0.1, 0.15) is 5.54 Å². The highest BCUT2D eigenvalue weighted by Gasteiger charge is 2.46. The van der Waals surface area contributed by atoms with E-state index in [1.54, 1.807) is 0 Å². The van der Waals surface area contributed by atoms with E-state index in [1.807, 2.05) is 0 Å². The molecule has 1 fully saturated rings. The Morgan fingerprint density at radius 3 is 2.45 bits per heavy atom.